The van der Waals surface area contributed by atoms with Crippen LogP contribution in [0.3, 0.4) is 0 Å². The molecule has 0 unspecified atom stereocenters. The predicted octanol–water partition coefficient (Wildman–Crippen LogP) is 2.44. The highest BCUT2D eigenvalue weighted by atomic mass is 127. The molecule has 2 nitrogen and oxygen atoms in total. The lowest BCUT2D eigenvalue weighted by atomic mass is 10.2. The van der Waals surface area contributed by atoms with Gasteiger partial charge in [-0.1, -0.05) is 0 Å². The Hall–Kier alpha value is -0.770. The van der Waals surface area contributed by atoms with E-state index in [1.54, 1.807) is 6.07 Å². The number of hydrogen-bond acceptors (Lipinski definition) is 2. The van der Waals surface area contributed by atoms with E-state index in [0.717, 1.165) is 28.7 Å². The molecule has 1 aromatic rings. The maximum atomic E-state index is 12.6. The molecule has 5 heteroatoms. The van der Waals surface area contributed by atoms with E-state index in [-0.39, 0.29) is 11.3 Å². The van der Waals surface area contributed by atoms with Crippen molar-refractivity contribution in [1.29, 1.82) is 5.26 Å². The Bertz CT molecular complexity index is 327. The smallest absolute Gasteiger partial charge is 0.254 e. The average molecular weight is 280 g/mol. The molecular weight excluding hydrogens is 277 g/mol. The van der Waals surface area contributed by atoms with Crippen molar-refractivity contribution in [2.75, 3.05) is 0 Å². The van der Waals surface area contributed by atoms with Crippen molar-refractivity contribution in [3.8, 4) is 6.07 Å². The number of nitriles is 1. The number of hydrogen-bond donors (Lipinski definition) is 0. The van der Waals surface area contributed by atoms with Crippen LogP contribution in [0.25, 0.3) is 0 Å². The maximum Gasteiger partial charge on any atom is 0.338 e. The second kappa shape index (κ2) is 3.31. The summed E-state index contributed by atoms with van der Waals surface area (Å²) in [6, 6.07) is 4.22. The van der Waals surface area contributed by atoms with Crippen molar-refractivity contribution in [2.45, 2.75) is 3.93 Å². The van der Waals surface area contributed by atoms with E-state index in [9.17, 15) is 8.78 Å². The topological polar surface area (TPSA) is 36.7 Å². The first kappa shape index (κ1) is 9.32. The normalized spacial score (nSPS) is 10.8. The molecule has 12 heavy (non-hydrogen) atoms. The van der Waals surface area contributed by atoms with Gasteiger partial charge in [0, 0.05) is 28.8 Å². The first-order valence-electron chi connectivity index (χ1n) is 2.97. The summed E-state index contributed by atoms with van der Waals surface area (Å²) >= 11 is 0.970. The number of nitrogens with zero attached hydrogens (tertiary/aromatic N) is 2. The molecule has 0 amide bonds. The lowest BCUT2D eigenvalue weighted by molar-refractivity contribution is 0.122. The Morgan fingerprint density at radius 3 is 2.75 bits per heavy atom. The van der Waals surface area contributed by atoms with Gasteiger partial charge in [0.05, 0.1) is 11.6 Å². The Kier molecular flexibility index (Phi) is 2.57. The quantitative estimate of drug-likeness (QED) is 0.585. The Morgan fingerprint density at radius 2 is 2.25 bits per heavy atom. The van der Waals surface area contributed by atoms with E-state index < -0.39 is 3.93 Å². The largest absolute Gasteiger partial charge is 0.338 e. The summed E-state index contributed by atoms with van der Waals surface area (Å²) in [5.41, 5.74) is -0.196. The minimum Gasteiger partial charge on any atom is -0.254 e. The van der Waals surface area contributed by atoms with E-state index in [4.69, 9.17) is 5.26 Å². The third-order valence-corrected chi connectivity index (χ3v) is 1.73. The highest BCUT2D eigenvalue weighted by Crippen LogP contribution is 2.33. The highest BCUT2D eigenvalue weighted by Gasteiger charge is 2.28. The molecule has 0 bridgehead atoms. The molecule has 0 aliphatic carbocycles. The van der Waals surface area contributed by atoms with Crippen molar-refractivity contribution < 1.29 is 8.78 Å². The van der Waals surface area contributed by atoms with E-state index in [1.165, 1.54) is 12.3 Å². The number of halogens is 3. The second-order valence-electron chi connectivity index (χ2n) is 2.04. The molecule has 0 radical (unpaired) electrons. The molecule has 0 spiro atoms. The minimum atomic E-state index is -3.01. The van der Waals surface area contributed by atoms with E-state index >= 15 is 0 Å². The van der Waals surface area contributed by atoms with Gasteiger partial charge >= 0.3 is 3.93 Å². The number of aromatic nitrogens is 1. The van der Waals surface area contributed by atoms with Gasteiger partial charge in [-0.3, -0.25) is 4.98 Å². The van der Waals surface area contributed by atoms with Crippen LogP contribution in [0, 0.1) is 11.3 Å². The van der Waals surface area contributed by atoms with Crippen molar-refractivity contribution in [1.82, 2.24) is 4.98 Å². The molecule has 0 atom stereocenters. The first-order valence-corrected chi connectivity index (χ1v) is 4.05. The van der Waals surface area contributed by atoms with Crippen LogP contribution in [-0.2, 0) is 3.93 Å². The summed E-state index contributed by atoms with van der Waals surface area (Å²) in [4.78, 5) is 3.45. The van der Waals surface area contributed by atoms with Crippen molar-refractivity contribution in [2.24, 2.45) is 0 Å². The summed E-state index contributed by atoms with van der Waals surface area (Å²) in [6.45, 7) is 0. The van der Waals surface area contributed by atoms with Gasteiger partial charge in [-0.05, 0) is 12.1 Å². The molecule has 1 heterocycles. The average Bonchev–Trinajstić information content (AvgIpc) is 2.03. The molecule has 0 saturated heterocycles. The molecule has 0 saturated carbocycles. The molecule has 0 aliphatic rings. The van der Waals surface area contributed by atoms with Gasteiger partial charge in [-0.25, -0.2) is 0 Å². The van der Waals surface area contributed by atoms with Crippen LogP contribution >= 0.6 is 22.6 Å². The molecule has 0 aliphatic heterocycles. The Balaban J connectivity index is 3.13. The third-order valence-electron chi connectivity index (χ3n) is 1.18. The standard InChI is InChI=1S/C7H3F2IN2/c8-7(9,10)6-3-5(4-11)1-2-12-6/h1-3H. The zero-order chi connectivity index (χ0) is 9.19. The molecule has 1 aromatic heterocycles. The SMILES string of the molecule is N#Cc1ccnc(C(F)(F)I)c1. The molecule has 0 aromatic carbocycles. The van der Waals surface area contributed by atoms with Crippen LogP contribution in [0.2, 0.25) is 0 Å². The van der Waals surface area contributed by atoms with Gasteiger partial charge in [-0.2, -0.15) is 14.0 Å². The Morgan fingerprint density at radius 1 is 1.58 bits per heavy atom. The first-order chi connectivity index (χ1) is 5.54. The van der Waals surface area contributed by atoms with Crippen LogP contribution in [0.5, 0.6) is 0 Å². The van der Waals surface area contributed by atoms with Gasteiger partial charge in [0.15, 0.2) is 0 Å². The van der Waals surface area contributed by atoms with Crippen LogP contribution in [0.4, 0.5) is 8.78 Å². The van der Waals surface area contributed by atoms with Crippen LogP contribution in [-0.4, -0.2) is 4.98 Å². The Labute approximate surface area is 81.4 Å². The number of alkyl halides is 3. The molecule has 0 fully saturated rings. The second-order valence-corrected chi connectivity index (χ2v) is 3.39. The maximum absolute atomic E-state index is 12.6. The van der Waals surface area contributed by atoms with Crippen molar-refractivity contribution in [3.63, 3.8) is 0 Å². The predicted molar refractivity (Wildman–Crippen MR) is 46.9 cm³/mol. The summed E-state index contributed by atoms with van der Waals surface area (Å²) in [6.07, 6.45) is 1.19. The third kappa shape index (κ3) is 2.11. The lowest BCUT2D eigenvalue weighted by Gasteiger charge is -2.06. The monoisotopic (exact) mass is 280 g/mol. The number of pyridine rings is 1. The van der Waals surface area contributed by atoms with Gasteiger partial charge in [0.1, 0.15) is 5.69 Å². The van der Waals surface area contributed by atoms with E-state index in [0.29, 0.717) is 0 Å². The summed E-state index contributed by atoms with van der Waals surface area (Å²) in [5, 5.41) is 8.40. The zero-order valence-electron chi connectivity index (χ0n) is 5.76. The zero-order valence-corrected chi connectivity index (χ0v) is 7.92. The van der Waals surface area contributed by atoms with Gasteiger partial charge < -0.3 is 0 Å². The highest BCUT2D eigenvalue weighted by molar-refractivity contribution is 14.1. The fraction of sp³-hybridized carbons (Fsp3) is 0.143. The fourth-order valence-electron chi connectivity index (χ4n) is 0.655. The van der Waals surface area contributed by atoms with Crippen LogP contribution in [0.1, 0.15) is 11.3 Å². The van der Waals surface area contributed by atoms with Crippen LogP contribution in [0.15, 0.2) is 18.3 Å². The van der Waals surface area contributed by atoms with Gasteiger partial charge in [-0.15, -0.1) is 0 Å². The summed E-state index contributed by atoms with van der Waals surface area (Å²) in [7, 11) is 0. The van der Waals surface area contributed by atoms with Crippen molar-refractivity contribution >= 4 is 22.6 Å². The lowest BCUT2D eigenvalue weighted by Crippen LogP contribution is -2.05. The molecular formula is C7H3F2IN2. The van der Waals surface area contributed by atoms with Crippen LogP contribution < -0.4 is 0 Å². The van der Waals surface area contributed by atoms with E-state index in [2.05, 4.69) is 4.98 Å². The van der Waals surface area contributed by atoms with E-state index in [1.807, 2.05) is 0 Å². The van der Waals surface area contributed by atoms with Gasteiger partial charge in [0.2, 0.25) is 0 Å². The number of rotatable bonds is 1. The summed E-state index contributed by atoms with van der Waals surface area (Å²) < 4.78 is 22.2. The molecule has 62 valence electrons. The minimum absolute atomic E-state index is 0.191. The molecule has 0 N–H and O–H groups in total. The van der Waals surface area contributed by atoms with Crippen molar-refractivity contribution in [3.05, 3.63) is 29.6 Å². The fourth-order valence-corrected chi connectivity index (χ4v) is 0.950. The summed E-state index contributed by atoms with van der Waals surface area (Å²) in [5.74, 6) is 0. The van der Waals surface area contributed by atoms with Gasteiger partial charge in [0.25, 0.3) is 0 Å². The molecule has 1 rings (SSSR count).